The fourth-order valence-corrected chi connectivity index (χ4v) is 0. The largest absolute Gasteiger partial charge is 2.00 e. The van der Waals surface area contributed by atoms with Gasteiger partial charge >= 0.3 is 45.5 Å². The quantitative estimate of drug-likeness (QED) is 0.443. The summed E-state index contributed by atoms with van der Waals surface area (Å²) in [6, 6.07) is 0. The van der Waals surface area contributed by atoms with Gasteiger partial charge in [-0.15, -0.1) is 0 Å². The number of rotatable bonds is 0. The predicted molar refractivity (Wildman–Crippen MR) is 48.0 cm³/mol. The first-order valence-corrected chi connectivity index (χ1v) is 1.55. The van der Waals surface area contributed by atoms with Crippen molar-refractivity contribution in [2.24, 2.45) is 0 Å². The van der Waals surface area contributed by atoms with Gasteiger partial charge in [-0.25, -0.2) is 31.6 Å². The van der Waals surface area contributed by atoms with Crippen LogP contribution in [0.15, 0.2) is 0 Å². The van der Waals surface area contributed by atoms with Crippen molar-refractivity contribution in [1.29, 1.82) is 31.6 Å². The second-order valence-corrected chi connectivity index (χ2v) is 0. The van der Waals surface area contributed by atoms with Crippen molar-refractivity contribution in [3.05, 3.63) is 0 Å². The Labute approximate surface area is 185 Å². The molecule has 0 aromatic carbocycles. The van der Waals surface area contributed by atoms with E-state index >= 15 is 0 Å². The van der Waals surface area contributed by atoms with Gasteiger partial charge in [0.05, 0.1) is 0 Å². The number of hydrogen-bond donors (Lipinski definition) is 0. The van der Waals surface area contributed by atoms with E-state index in [1.165, 1.54) is 0 Å². The van der Waals surface area contributed by atoms with E-state index in [4.69, 9.17) is 31.6 Å². The summed E-state index contributed by atoms with van der Waals surface area (Å²) in [7, 11) is 0. The first-order valence-electron chi connectivity index (χ1n) is 1.55. The fraction of sp³-hybridized carbons (Fsp3) is 0. The van der Waals surface area contributed by atoms with Gasteiger partial charge in [0.25, 0.3) is 0 Å². The molecule has 0 aliphatic heterocycles. The molecule has 0 saturated carbocycles. The van der Waals surface area contributed by atoms with Crippen LogP contribution in [0.3, 0.4) is 0 Å². The SMILES string of the molecule is C#N.C#N.C#N.C#N.C#N.C#N.[Co].[Fe].[H-].[H-].[La].[Sr+2]. The molecular weight excluding hydrogens is 497 g/mol. The molecule has 0 aromatic rings. The van der Waals surface area contributed by atoms with E-state index in [1.807, 2.05) is 0 Å². The van der Waals surface area contributed by atoms with Crippen molar-refractivity contribution in [2.75, 3.05) is 0 Å². The molecule has 2 radical (unpaired) electrons. The molecule has 0 aliphatic rings. The Kier molecular flexibility index (Phi) is 47000. The van der Waals surface area contributed by atoms with E-state index in [0.29, 0.717) is 0 Å². The van der Waals surface area contributed by atoms with Crippen LogP contribution >= 0.6 is 0 Å². The Morgan fingerprint density at radius 3 is 0.500 bits per heavy atom. The van der Waals surface area contributed by atoms with E-state index in [9.17, 15) is 0 Å². The first-order chi connectivity index (χ1) is 6.00. The molecule has 0 rings (SSSR count). The van der Waals surface area contributed by atoms with Crippen molar-refractivity contribution in [3.8, 4) is 39.4 Å². The van der Waals surface area contributed by atoms with E-state index in [-0.39, 0.29) is 118 Å². The van der Waals surface area contributed by atoms with Crippen LogP contribution in [0, 0.1) is 107 Å². The average molecular weight is 505 g/mol. The minimum absolute atomic E-state index is 0. The molecular formula is C6H8CoFeLaN6Sr. The van der Waals surface area contributed by atoms with Crippen molar-refractivity contribution in [3.63, 3.8) is 0 Å². The van der Waals surface area contributed by atoms with E-state index < -0.39 is 0 Å². The third-order valence-corrected chi connectivity index (χ3v) is 0. The zero-order valence-electron chi connectivity index (χ0n) is 10.1. The van der Waals surface area contributed by atoms with Crippen LogP contribution in [0.25, 0.3) is 0 Å². The molecule has 10 heteroatoms. The summed E-state index contributed by atoms with van der Waals surface area (Å²) in [5.41, 5.74) is 0. The normalized spacial score (nSPS) is 0.750. The van der Waals surface area contributed by atoms with Crippen LogP contribution in [0.4, 0.5) is 0 Å². The molecule has 0 atom stereocenters. The summed E-state index contributed by atoms with van der Waals surface area (Å²) in [6.45, 7) is 21.0. The Morgan fingerprint density at radius 1 is 0.500 bits per heavy atom. The molecule has 0 aliphatic carbocycles. The van der Waals surface area contributed by atoms with E-state index in [0.717, 1.165) is 0 Å². The van der Waals surface area contributed by atoms with E-state index in [2.05, 4.69) is 39.4 Å². The number of hydrogen-bond acceptors (Lipinski definition) is 6. The molecule has 0 unspecified atom stereocenters. The maximum Gasteiger partial charge on any atom is 2.00 e. The third-order valence-electron chi connectivity index (χ3n) is 0. The molecule has 16 heavy (non-hydrogen) atoms. The van der Waals surface area contributed by atoms with Crippen molar-refractivity contribution in [1.82, 2.24) is 0 Å². The Hall–Kier alpha value is 0.641. The zero-order chi connectivity index (χ0) is 12.0. The summed E-state index contributed by atoms with van der Waals surface area (Å²) in [4.78, 5) is 0. The Bertz CT molecular complexity index is 117. The predicted octanol–water partition coefficient (Wildman–Crippen LogP) is 0.678. The van der Waals surface area contributed by atoms with E-state index in [1.54, 1.807) is 0 Å². The summed E-state index contributed by atoms with van der Waals surface area (Å²) < 4.78 is 0. The van der Waals surface area contributed by atoms with Crippen LogP contribution in [-0.4, -0.2) is 45.5 Å². The van der Waals surface area contributed by atoms with Gasteiger partial charge in [-0.1, -0.05) is 0 Å². The average Bonchev–Trinajstić information content (AvgIpc) is 2.33. The van der Waals surface area contributed by atoms with Crippen molar-refractivity contribution in [2.45, 2.75) is 0 Å². The summed E-state index contributed by atoms with van der Waals surface area (Å²) in [5, 5.41) is 39.0. The molecule has 0 saturated heterocycles. The van der Waals surface area contributed by atoms with Crippen molar-refractivity contribution >= 4 is 45.5 Å². The molecule has 84 valence electrons. The Balaban J connectivity index is -0.00000000225. The van der Waals surface area contributed by atoms with Gasteiger partial charge in [0.15, 0.2) is 0 Å². The molecule has 0 N–H and O–H groups in total. The topological polar surface area (TPSA) is 143 Å². The second-order valence-electron chi connectivity index (χ2n) is 0. The second kappa shape index (κ2) is 8150. The van der Waals surface area contributed by atoms with Crippen LogP contribution in [-0.2, 0) is 33.8 Å². The smallest absolute Gasteiger partial charge is 1.00 e. The molecule has 0 bridgehead atoms. The fourth-order valence-electron chi connectivity index (χ4n) is 0. The maximum absolute atomic E-state index is 6.50. The monoisotopic (exact) mass is 506 g/mol. The number of nitrogens with zero attached hydrogens (tertiary/aromatic N) is 6. The number of nitriles is 6. The van der Waals surface area contributed by atoms with Crippen LogP contribution in [0.2, 0.25) is 0 Å². The first kappa shape index (κ1) is 92.3. The van der Waals surface area contributed by atoms with Gasteiger partial charge in [-0.05, 0) is 0 Å². The standard InChI is InChI=1S/6CHN.Co.Fe.La.Sr.2H/c6*1-2;;;;;;/h6*1H;;;;;;/q;;;;;;;;;+2;2*-1. The van der Waals surface area contributed by atoms with Crippen LogP contribution < -0.4 is 0 Å². The molecule has 0 fully saturated rings. The molecule has 0 heterocycles. The van der Waals surface area contributed by atoms with Gasteiger partial charge < -0.3 is 2.85 Å². The van der Waals surface area contributed by atoms with Gasteiger partial charge in [-0.2, -0.15) is 0 Å². The third kappa shape index (κ3) is 6620. The summed E-state index contributed by atoms with van der Waals surface area (Å²) in [5.74, 6) is 0. The zero-order valence-corrected chi connectivity index (χ0v) is 17.4. The molecule has 0 spiro atoms. The van der Waals surface area contributed by atoms with Crippen LogP contribution in [0.1, 0.15) is 2.85 Å². The molecule has 6 nitrogen and oxygen atoms in total. The minimum atomic E-state index is 0. The van der Waals surface area contributed by atoms with Crippen LogP contribution in [0.5, 0.6) is 0 Å². The minimum Gasteiger partial charge on any atom is -1.00 e. The summed E-state index contributed by atoms with van der Waals surface area (Å²) >= 11 is 0. The van der Waals surface area contributed by atoms with Gasteiger partial charge in [0.1, 0.15) is 0 Å². The van der Waals surface area contributed by atoms with Gasteiger partial charge in [-0.3, -0.25) is 0 Å². The molecule has 0 aromatic heterocycles. The Morgan fingerprint density at radius 2 is 0.500 bits per heavy atom. The maximum atomic E-state index is 6.50. The summed E-state index contributed by atoms with van der Waals surface area (Å²) in [6.07, 6.45) is 0. The van der Waals surface area contributed by atoms with Gasteiger partial charge in [0.2, 0.25) is 0 Å². The van der Waals surface area contributed by atoms with Gasteiger partial charge in [0, 0.05) is 109 Å². The molecule has 0 amide bonds. The van der Waals surface area contributed by atoms with Crippen molar-refractivity contribution < 1.29 is 72.3 Å².